The number of nitrogens with two attached hydrogens (primary N) is 2. The Morgan fingerprint density at radius 2 is 2.17 bits per heavy atom. The number of benzene rings is 1. The van der Waals surface area contributed by atoms with E-state index in [0.29, 0.717) is 23.5 Å². The normalized spacial score (nSPS) is 26.0. The average molecular weight is 335 g/mol. The van der Waals surface area contributed by atoms with E-state index >= 15 is 0 Å². The Balaban J connectivity index is 2.01. The zero-order chi connectivity index (χ0) is 16.8. The minimum absolute atomic E-state index is 0.258. The molecule has 0 bridgehead atoms. The zero-order valence-corrected chi connectivity index (χ0v) is 14.0. The number of rotatable bonds is 3. The van der Waals surface area contributed by atoms with Gasteiger partial charge in [-0.3, -0.25) is 5.73 Å². The SMILES string of the molecule is CC(C)CN1Cc2ccc(C3(N)N=C(N)C=CN3)cc2S1(=O)=O. The van der Waals surface area contributed by atoms with Crippen molar-refractivity contribution in [2.24, 2.45) is 22.4 Å². The molecule has 8 heteroatoms. The van der Waals surface area contributed by atoms with Gasteiger partial charge in [0.25, 0.3) is 0 Å². The molecule has 5 N–H and O–H groups in total. The summed E-state index contributed by atoms with van der Waals surface area (Å²) in [5.74, 6) is -0.709. The van der Waals surface area contributed by atoms with Crippen LogP contribution in [0.4, 0.5) is 0 Å². The van der Waals surface area contributed by atoms with Crippen molar-refractivity contribution < 1.29 is 8.42 Å². The number of nitrogens with zero attached hydrogens (tertiary/aromatic N) is 2. The minimum atomic E-state index is -3.49. The number of sulfonamides is 1. The van der Waals surface area contributed by atoms with Crippen LogP contribution >= 0.6 is 0 Å². The van der Waals surface area contributed by atoms with Crippen LogP contribution in [-0.4, -0.2) is 25.1 Å². The zero-order valence-electron chi connectivity index (χ0n) is 13.2. The molecule has 1 aromatic rings. The third kappa shape index (κ3) is 2.73. The summed E-state index contributed by atoms with van der Waals surface area (Å²) in [5, 5.41) is 2.93. The number of hydrogen-bond acceptors (Lipinski definition) is 6. The van der Waals surface area contributed by atoms with Crippen LogP contribution < -0.4 is 16.8 Å². The Labute approximate surface area is 136 Å². The minimum Gasteiger partial charge on any atom is -0.384 e. The molecular weight excluding hydrogens is 314 g/mol. The molecule has 2 aliphatic rings. The molecule has 1 unspecified atom stereocenters. The first-order chi connectivity index (χ1) is 10.7. The lowest BCUT2D eigenvalue weighted by Crippen LogP contribution is -2.49. The first-order valence-corrected chi connectivity index (χ1v) is 8.88. The van der Waals surface area contributed by atoms with Gasteiger partial charge >= 0.3 is 0 Å². The molecule has 124 valence electrons. The second-order valence-electron chi connectivity index (χ2n) is 6.29. The van der Waals surface area contributed by atoms with E-state index in [1.165, 1.54) is 4.31 Å². The number of fused-ring (bicyclic) bond motifs is 1. The molecular formula is C15H21N5O2S. The summed E-state index contributed by atoms with van der Waals surface area (Å²) in [6.07, 6.45) is 3.20. The molecule has 2 aliphatic heterocycles. The van der Waals surface area contributed by atoms with Crippen LogP contribution in [0.15, 0.2) is 40.4 Å². The van der Waals surface area contributed by atoms with Gasteiger partial charge < -0.3 is 11.1 Å². The molecule has 0 saturated carbocycles. The Morgan fingerprint density at radius 1 is 1.43 bits per heavy atom. The standard InChI is InChI=1S/C15H21N5O2S/c1-10(2)8-20-9-11-3-4-12(7-13(11)23(20,21)22)15(17)18-6-5-14(16)19-15/h3-7,10,18H,8-9,17H2,1-2H3,(H2,16,19). The molecule has 1 aromatic carbocycles. The highest BCUT2D eigenvalue weighted by Crippen LogP contribution is 2.33. The van der Waals surface area contributed by atoms with Gasteiger partial charge in [0.15, 0.2) is 0 Å². The van der Waals surface area contributed by atoms with E-state index in [9.17, 15) is 8.42 Å². The van der Waals surface area contributed by atoms with Gasteiger partial charge in [-0.1, -0.05) is 26.0 Å². The number of nitrogens with one attached hydrogen (secondary N) is 1. The van der Waals surface area contributed by atoms with Gasteiger partial charge in [-0.15, -0.1) is 0 Å². The molecule has 0 radical (unpaired) electrons. The Morgan fingerprint density at radius 3 is 2.83 bits per heavy atom. The van der Waals surface area contributed by atoms with Gasteiger partial charge in [0.2, 0.25) is 15.8 Å². The predicted molar refractivity (Wildman–Crippen MR) is 88.6 cm³/mol. The first-order valence-electron chi connectivity index (χ1n) is 7.44. The summed E-state index contributed by atoms with van der Waals surface area (Å²) < 4.78 is 26.9. The topological polar surface area (TPSA) is 114 Å². The van der Waals surface area contributed by atoms with Crippen LogP contribution in [-0.2, 0) is 22.4 Å². The molecule has 0 aromatic heterocycles. The molecule has 0 aliphatic carbocycles. The molecule has 23 heavy (non-hydrogen) atoms. The van der Waals surface area contributed by atoms with E-state index in [4.69, 9.17) is 11.5 Å². The van der Waals surface area contributed by atoms with Gasteiger partial charge in [-0.25, -0.2) is 13.4 Å². The van der Waals surface area contributed by atoms with Crippen LogP contribution in [0.5, 0.6) is 0 Å². The number of amidine groups is 1. The van der Waals surface area contributed by atoms with Gasteiger partial charge in [0.05, 0.1) is 4.90 Å². The van der Waals surface area contributed by atoms with Crippen LogP contribution in [0.3, 0.4) is 0 Å². The van der Waals surface area contributed by atoms with Gasteiger partial charge in [0.1, 0.15) is 5.84 Å². The van der Waals surface area contributed by atoms with Crippen LogP contribution in [0, 0.1) is 5.92 Å². The van der Waals surface area contributed by atoms with Crippen molar-refractivity contribution in [3.8, 4) is 0 Å². The first kappa shape index (κ1) is 16.0. The van der Waals surface area contributed by atoms with Crippen molar-refractivity contribution in [1.82, 2.24) is 9.62 Å². The average Bonchev–Trinajstić information content (AvgIpc) is 2.69. The second-order valence-corrected chi connectivity index (χ2v) is 8.20. The van der Waals surface area contributed by atoms with E-state index in [0.717, 1.165) is 5.56 Å². The molecule has 0 saturated heterocycles. The lowest BCUT2D eigenvalue weighted by Gasteiger charge is -2.29. The van der Waals surface area contributed by atoms with Gasteiger partial charge in [0, 0.05) is 24.9 Å². The van der Waals surface area contributed by atoms with E-state index < -0.39 is 15.8 Å². The Kier molecular flexibility index (Phi) is 3.70. The molecule has 7 nitrogen and oxygen atoms in total. The van der Waals surface area contributed by atoms with Gasteiger partial charge in [-0.05, 0) is 23.6 Å². The maximum Gasteiger partial charge on any atom is 0.243 e. The molecule has 0 fully saturated rings. The Hall–Kier alpha value is -1.90. The fraction of sp³-hybridized carbons (Fsp3) is 0.400. The Bertz CT molecular complexity index is 800. The lowest BCUT2D eigenvalue weighted by molar-refractivity contribution is 0.376. The van der Waals surface area contributed by atoms with E-state index in [1.54, 1.807) is 30.5 Å². The van der Waals surface area contributed by atoms with Crippen LogP contribution in [0.1, 0.15) is 25.0 Å². The van der Waals surface area contributed by atoms with Crippen molar-refractivity contribution in [3.05, 3.63) is 41.6 Å². The third-order valence-electron chi connectivity index (χ3n) is 3.90. The summed E-state index contributed by atoms with van der Waals surface area (Å²) in [4.78, 5) is 4.49. The molecule has 3 rings (SSSR count). The van der Waals surface area contributed by atoms with Crippen molar-refractivity contribution in [3.63, 3.8) is 0 Å². The number of aliphatic imine (C=N–C) groups is 1. The van der Waals surface area contributed by atoms with Gasteiger partial charge in [-0.2, -0.15) is 4.31 Å². The lowest BCUT2D eigenvalue weighted by atomic mass is 10.1. The largest absolute Gasteiger partial charge is 0.384 e. The highest BCUT2D eigenvalue weighted by atomic mass is 32.2. The highest BCUT2D eigenvalue weighted by Gasteiger charge is 2.37. The van der Waals surface area contributed by atoms with Crippen molar-refractivity contribution in [2.45, 2.75) is 31.1 Å². The molecule has 0 spiro atoms. The van der Waals surface area contributed by atoms with E-state index in [2.05, 4.69) is 10.3 Å². The summed E-state index contributed by atoms with van der Waals surface area (Å²) in [7, 11) is -3.49. The fourth-order valence-corrected chi connectivity index (χ4v) is 4.64. The maximum absolute atomic E-state index is 12.7. The molecule has 0 amide bonds. The third-order valence-corrected chi connectivity index (χ3v) is 5.80. The summed E-state index contributed by atoms with van der Waals surface area (Å²) >= 11 is 0. The quantitative estimate of drug-likeness (QED) is 0.739. The van der Waals surface area contributed by atoms with Crippen molar-refractivity contribution in [1.29, 1.82) is 0 Å². The van der Waals surface area contributed by atoms with E-state index in [1.807, 2.05) is 13.8 Å². The predicted octanol–water partition coefficient (Wildman–Crippen LogP) is 0.390. The summed E-state index contributed by atoms with van der Waals surface area (Å²) in [6, 6.07) is 5.17. The maximum atomic E-state index is 12.7. The summed E-state index contributed by atoms with van der Waals surface area (Å²) in [6.45, 7) is 4.88. The van der Waals surface area contributed by atoms with Crippen molar-refractivity contribution >= 4 is 15.9 Å². The van der Waals surface area contributed by atoms with E-state index in [-0.39, 0.29) is 11.8 Å². The molecule has 2 heterocycles. The fourth-order valence-electron chi connectivity index (χ4n) is 2.82. The number of hydrogen-bond donors (Lipinski definition) is 3. The monoisotopic (exact) mass is 335 g/mol. The molecule has 1 atom stereocenters. The summed E-state index contributed by atoms with van der Waals surface area (Å²) in [5.41, 5.74) is 13.3. The van der Waals surface area contributed by atoms with Crippen LogP contribution in [0.25, 0.3) is 0 Å². The second kappa shape index (κ2) is 5.33. The van der Waals surface area contributed by atoms with Crippen LogP contribution in [0.2, 0.25) is 0 Å². The highest BCUT2D eigenvalue weighted by molar-refractivity contribution is 7.89. The smallest absolute Gasteiger partial charge is 0.243 e. The van der Waals surface area contributed by atoms with Crippen molar-refractivity contribution in [2.75, 3.05) is 6.54 Å².